The van der Waals surface area contributed by atoms with Crippen LogP contribution in [0.1, 0.15) is 64.5 Å². The van der Waals surface area contributed by atoms with Gasteiger partial charge < -0.3 is 88.7 Å². The lowest BCUT2D eigenvalue weighted by Crippen LogP contribution is -2.51. The van der Waals surface area contributed by atoms with Crippen LogP contribution in [0.2, 0.25) is 5.28 Å². The van der Waals surface area contributed by atoms with Crippen LogP contribution in [0.25, 0.3) is 0 Å². The quantitative estimate of drug-likeness (QED) is 0.0192. The molecule has 4 saturated heterocycles. The molecular formula is C70H91ClN10O20S2. The van der Waals surface area contributed by atoms with E-state index < -0.39 is 75.0 Å². The second-order valence-corrected chi connectivity index (χ2v) is 30.2. The number of nitrogens with one attached hydrogen (secondary N) is 3. The third kappa shape index (κ3) is 22.3. The smallest absolute Gasteiger partial charge is 0.407 e. The van der Waals surface area contributed by atoms with E-state index in [-0.39, 0.29) is 106 Å². The maximum Gasteiger partial charge on any atom is 0.407 e. The number of aromatic nitrogens is 4. The van der Waals surface area contributed by atoms with E-state index in [1.54, 1.807) is 61.2 Å². The number of sulfonamides is 2. The molecule has 6 aromatic rings. The van der Waals surface area contributed by atoms with E-state index in [1.807, 2.05) is 64.1 Å². The predicted octanol–water partition coefficient (Wildman–Crippen LogP) is 6.57. The molecule has 2 aromatic heterocycles. The third-order valence-corrected chi connectivity index (χ3v) is 21.1. The standard InChI is InChI=1S/C35H45N5O10S.C31H43N3O10S.C4H3ClN2/c1-23(2)19-40(51(43,44)26-9-10-30-31(18-26)49-22-48-30)20-29(41)28(39-35(42)50-32-21-47-33-27(32)11-16-46-33)17-24-5-7-25(8-6-24)45-15-4-14-38-34-36-12-3-13-37-34;1-20(2)16-34(45(37,38)23-8-9-27-28(15-23)43-19-42-27)17-26(35)25(14-21-4-6-22(7-5-21)39-12-3-11-32)33-31(36)44-29-18-41-30-24(29)10-13-40-30;5-4-6-2-1-3-7-4/h3,5-10,12-13,18,23,27-29,32-33,41H,4,11,14-17,19-22H2,1-2H3,(H,39,42)(H,36,37,38);4-9,15,20,24-26,29-30,35H,3,10-14,16-19,32H2,1-2H3,(H,33,36);1-3H/t27-,28-,29+,32-,33+;24-,25-,26+,29-,30+;/m00./s1. The molecule has 30 nitrogen and oxygen atoms in total. The first-order chi connectivity index (χ1) is 49.7. The Morgan fingerprint density at radius 1 is 0.583 bits per heavy atom. The van der Waals surface area contributed by atoms with Crippen molar-refractivity contribution < 1.29 is 93.5 Å². The summed E-state index contributed by atoms with van der Waals surface area (Å²) < 4.78 is 125. The van der Waals surface area contributed by atoms with Gasteiger partial charge in [-0.15, -0.1) is 0 Å². The second kappa shape index (κ2) is 37.6. The van der Waals surface area contributed by atoms with E-state index in [0.29, 0.717) is 91.7 Å². The molecule has 0 saturated carbocycles. The Hall–Kier alpha value is -7.99. The number of fused-ring (bicyclic) bond motifs is 4. The zero-order valence-corrected chi connectivity index (χ0v) is 60.2. The van der Waals surface area contributed by atoms with Crippen LogP contribution in [0.3, 0.4) is 0 Å². The van der Waals surface area contributed by atoms with Crippen molar-refractivity contribution in [1.82, 2.24) is 39.2 Å². The molecule has 6 aliphatic heterocycles. The topological polar surface area (TPSA) is 374 Å². The van der Waals surface area contributed by atoms with Crippen LogP contribution in [0.4, 0.5) is 15.5 Å². The Morgan fingerprint density at radius 3 is 1.43 bits per heavy atom. The highest BCUT2D eigenvalue weighted by atomic mass is 35.5. The molecule has 0 radical (unpaired) electrons. The summed E-state index contributed by atoms with van der Waals surface area (Å²) >= 11 is 5.32. The highest BCUT2D eigenvalue weighted by Gasteiger charge is 2.46. The molecule has 7 N–H and O–H groups in total. The van der Waals surface area contributed by atoms with Crippen molar-refractivity contribution in [3.8, 4) is 34.5 Å². The number of carbonyl (C=O) groups is 2. The van der Waals surface area contributed by atoms with Crippen molar-refractivity contribution in [3.63, 3.8) is 0 Å². The highest BCUT2D eigenvalue weighted by molar-refractivity contribution is 7.89. The van der Waals surface area contributed by atoms with Gasteiger partial charge in [0.05, 0.1) is 85.6 Å². The monoisotopic (exact) mass is 1490 g/mol. The number of anilines is 1. The minimum atomic E-state index is -4.08. The Labute approximate surface area is 604 Å². The van der Waals surface area contributed by atoms with Gasteiger partial charge >= 0.3 is 12.2 Å². The predicted molar refractivity (Wildman–Crippen MR) is 373 cm³/mol. The third-order valence-electron chi connectivity index (χ3n) is 17.3. The summed E-state index contributed by atoms with van der Waals surface area (Å²) in [5, 5.41) is 32.3. The van der Waals surface area contributed by atoms with Crippen molar-refractivity contribution >= 4 is 49.8 Å². The Balaban J connectivity index is 0.000000203. The normalized spacial score (nSPS) is 20.4. The molecular weight excluding hydrogens is 1400 g/mol. The van der Waals surface area contributed by atoms with E-state index in [2.05, 4.69) is 35.9 Å². The molecule has 0 spiro atoms. The maximum atomic E-state index is 13.9. The molecule has 33 heteroatoms. The van der Waals surface area contributed by atoms with Gasteiger partial charge in [0.2, 0.25) is 44.9 Å². The van der Waals surface area contributed by atoms with Crippen molar-refractivity contribution in [1.29, 1.82) is 0 Å². The average Bonchev–Trinajstić information content (AvgIpc) is 1.46. The van der Waals surface area contributed by atoms with Crippen molar-refractivity contribution in [3.05, 3.63) is 138 Å². The summed E-state index contributed by atoms with van der Waals surface area (Å²) in [7, 11) is -8.13. The van der Waals surface area contributed by atoms with Gasteiger partial charge in [-0.05, 0) is 140 Å². The number of carbonyl (C=O) groups excluding carboxylic acids is 2. The molecule has 2 amide bonds. The van der Waals surface area contributed by atoms with E-state index >= 15 is 0 Å². The fraction of sp³-hybridized carbons (Fsp3) is 0.514. The van der Waals surface area contributed by atoms with Crippen LogP contribution in [-0.4, -0.2) is 209 Å². The number of alkyl carbamates (subject to hydrolysis) is 2. The Bertz CT molecular complexity index is 3890. The molecule has 8 heterocycles. The first kappa shape index (κ1) is 77.6. The summed E-state index contributed by atoms with van der Waals surface area (Å²) in [5.41, 5.74) is 7.13. The van der Waals surface area contributed by atoms with Crippen LogP contribution in [0.15, 0.2) is 132 Å². The number of aliphatic hydroxyl groups excluding tert-OH is 2. The SMILES string of the molecule is CC(C)CN(C[C@@H](O)[C@H](Cc1ccc(OCCCN)cc1)NC(=O)O[C@H]1CO[C@H]2OCC[C@H]21)S(=O)(=O)c1ccc2c(c1)OCO2.CC(C)CN(C[C@@H](O)[C@H](Cc1ccc(OCCCNc2ncccn2)cc1)NC(=O)O[C@H]1CO[C@H]2OCC[C@H]21)S(=O)(=O)c1ccc2c(c1)OCO2.Clc1ncccn1. The number of halogens is 1. The minimum absolute atomic E-state index is 0.00723. The molecule has 6 aliphatic rings. The largest absolute Gasteiger partial charge is 0.494 e. The lowest BCUT2D eigenvalue weighted by molar-refractivity contribution is -0.0909. The van der Waals surface area contributed by atoms with Gasteiger partial charge in [0, 0.05) is 69.6 Å². The van der Waals surface area contributed by atoms with Gasteiger partial charge in [-0.3, -0.25) is 0 Å². The molecule has 10 atom stereocenters. The van der Waals surface area contributed by atoms with Gasteiger partial charge in [-0.1, -0.05) is 52.0 Å². The highest BCUT2D eigenvalue weighted by Crippen LogP contribution is 2.38. The fourth-order valence-corrected chi connectivity index (χ4v) is 15.5. The van der Waals surface area contributed by atoms with Crippen LogP contribution in [0, 0.1) is 23.7 Å². The number of rotatable bonds is 32. The molecule has 0 unspecified atom stereocenters. The first-order valence-corrected chi connectivity index (χ1v) is 37.6. The summed E-state index contributed by atoms with van der Waals surface area (Å²) in [6, 6.07) is 25.1. The zero-order valence-electron chi connectivity index (χ0n) is 57.8. The lowest BCUT2D eigenvalue weighted by Gasteiger charge is -2.31. The number of nitrogens with two attached hydrogens (primary N) is 1. The molecule has 560 valence electrons. The summed E-state index contributed by atoms with van der Waals surface area (Å²) in [6.07, 6.45) is 3.98. The lowest BCUT2D eigenvalue weighted by atomic mass is 10.0. The average molecular weight is 1490 g/mol. The number of ether oxygens (including phenoxy) is 12. The van der Waals surface area contributed by atoms with E-state index in [0.717, 1.165) is 30.4 Å². The van der Waals surface area contributed by atoms with Crippen LogP contribution in [0.5, 0.6) is 34.5 Å². The number of aliphatic hydroxyl groups is 2. The molecule has 0 aliphatic carbocycles. The van der Waals surface area contributed by atoms with E-state index in [1.165, 1.54) is 32.9 Å². The van der Waals surface area contributed by atoms with E-state index in [9.17, 15) is 36.6 Å². The molecule has 103 heavy (non-hydrogen) atoms. The number of hydrogen-bond donors (Lipinski definition) is 6. The number of benzene rings is 4. The van der Waals surface area contributed by atoms with Crippen molar-refractivity contribution in [2.24, 2.45) is 29.4 Å². The Morgan fingerprint density at radius 2 is 1.01 bits per heavy atom. The minimum Gasteiger partial charge on any atom is -0.494 e. The zero-order chi connectivity index (χ0) is 72.9. The fourth-order valence-electron chi connectivity index (χ4n) is 12.1. The summed E-state index contributed by atoms with van der Waals surface area (Å²) in [5.74, 6) is 3.25. The maximum absolute atomic E-state index is 13.9. The van der Waals surface area contributed by atoms with Gasteiger partial charge in [0.1, 0.15) is 23.7 Å². The first-order valence-electron chi connectivity index (χ1n) is 34.3. The van der Waals surface area contributed by atoms with Gasteiger partial charge in [-0.25, -0.2) is 46.4 Å². The summed E-state index contributed by atoms with van der Waals surface area (Å²) in [4.78, 5) is 42.0. The van der Waals surface area contributed by atoms with Crippen LogP contribution >= 0.6 is 11.6 Å². The second-order valence-electron chi connectivity index (χ2n) is 25.9. The van der Waals surface area contributed by atoms with Gasteiger partial charge in [0.25, 0.3) is 0 Å². The van der Waals surface area contributed by atoms with Gasteiger partial charge in [-0.2, -0.15) is 8.61 Å². The van der Waals surface area contributed by atoms with Crippen molar-refractivity contribution in [2.45, 2.75) is 125 Å². The van der Waals surface area contributed by atoms with Crippen LogP contribution < -0.4 is 50.1 Å². The van der Waals surface area contributed by atoms with Crippen molar-refractivity contribution in [2.75, 3.05) is 97.8 Å². The van der Waals surface area contributed by atoms with Crippen LogP contribution in [-0.2, 0) is 61.3 Å². The molecule has 4 aromatic carbocycles. The number of amides is 2. The number of hydrogen-bond acceptors (Lipinski definition) is 26. The molecule has 12 rings (SSSR count). The number of nitrogens with zero attached hydrogens (tertiary/aromatic N) is 6. The molecule has 4 fully saturated rings. The van der Waals surface area contributed by atoms with E-state index in [4.69, 9.17) is 74.2 Å². The molecule has 0 bridgehead atoms. The van der Waals surface area contributed by atoms with Gasteiger partial charge in [0.15, 0.2) is 35.6 Å². The summed E-state index contributed by atoms with van der Waals surface area (Å²) in [6.45, 7) is 10.9. The Kier molecular flexibility index (Phi) is 28.4.